The molecule has 1 heteroatoms. The zero-order valence-electron chi connectivity index (χ0n) is 16.2. The van der Waals surface area contributed by atoms with Crippen molar-refractivity contribution in [3.63, 3.8) is 0 Å². The molecule has 28 heavy (non-hydrogen) atoms. The summed E-state index contributed by atoms with van der Waals surface area (Å²) in [5.74, 6) is 0. The summed E-state index contributed by atoms with van der Waals surface area (Å²) in [6, 6.07) is 28.1. The predicted octanol–water partition coefficient (Wildman–Crippen LogP) is 6.90. The van der Waals surface area contributed by atoms with Gasteiger partial charge in [0.05, 0.1) is 0 Å². The van der Waals surface area contributed by atoms with Gasteiger partial charge >= 0.3 is 0 Å². The van der Waals surface area contributed by atoms with Crippen LogP contribution in [0.25, 0.3) is 34.1 Å². The van der Waals surface area contributed by atoms with E-state index in [1.165, 1.54) is 44.2 Å². The van der Waals surface area contributed by atoms with Gasteiger partial charge in [0.15, 0.2) is 0 Å². The SMILES string of the molecule is CC1(C)c2ccccc2-c2ccc(C=Cc3ccc4cc(N)ccc4c3)cc21. The second-order valence-electron chi connectivity index (χ2n) is 8.17. The van der Waals surface area contributed by atoms with Gasteiger partial charge in [-0.25, -0.2) is 0 Å². The van der Waals surface area contributed by atoms with Crippen LogP contribution in [0, 0.1) is 0 Å². The van der Waals surface area contributed by atoms with Crippen molar-refractivity contribution in [3.05, 3.63) is 101 Å². The smallest absolute Gasteiger partial charge is 0.0320 e. The molecule has 0 unspecified atom stereocenters. The van der Waals surface area contributed by atoms with Crippen molar-refractivity contribution in [2.75, 3.05) is 5.73 Å². The third-order valence-corrected chi connectivity index (χ3v) is 5.96. The van der Waals surface area contributed by atoms with E-state index in [-0.39, 0.29) is 5.41 Å². The minimum atomic E-state index is 0.0403. The van der Waals surface area contributed by atoms with Crippen molar-refractivity contribution in [1.82, 2.24) is 0 Å². The molecule has 0 amide bonds. The molecule has 0 bridgehead atoms. The summed E-state index contributed by atoms with van der Waals surface area (Å²) < 4.78 is 0. The molecule has 1 aliphatic rings. The quantitative estimate of drug-likeness (QED) is 0.305. The number of hydrogen-bond donors (Lipinski definition) is 1. The normalized spacial score (nSPS) is 14.4. The largest absolute Gasteiger partial charge is 0.399 e. The maximum Gasteiger partial charge on any atom is 0.0320 e. The molecule has 0 aliphatic heterocycles. The van der Waals surface area contributed by atoms with Crippen molar-refractivity contribution < 1.29 is 0 Å². The Morgan fingerprint density at radius 3 is 2.14 bits per heavy atom. The average molecular weight is 361 g/mol. The number of rotatable bonds is 2. The van der Waals surface area contributed by atoms with Crippen LogP contribution >= 0.6 is 0 Å². The first-order chi connectivity index (χ1) is 13.5. The zero-order chi connectivity index (χ0) is 19.3. The summed E-state index contributed by atoms with van der Waals surface area (Å²) in [6.07, 6.45) is 4.39. The monoisotopic (exact) mass is 361 g/mol. The van der Waals surface area contributed by atoms with Gasteiger partial charge in [0.2, 0.25) is 0 Å². The second-order valence-corrected chi connectivity index (χ2v) is 8.17. The summed E-state index contributed by atoms with van der Waals surface area (Å²) in [7, 11) is 0. The molecule has 1 aliphatic carbocycles. The van der Waals surface area contributed by atoms with Gasteiger partial charge < -0.3 is 5.73 Å². The molecule has 5 rings (SSSR count). The Kier molecular flexibility index (Phi) is 3.67. The van der Waals surface area contributed by atoms with Gasteiger partial charge in [-0.2, -0.15) is 0 Å². The minimum Gasteiger partial charge on any atom is -0.399 e. The Hall–Kier alpha value is -3.32. The van der Waals surface area contributed by atoms with Gasteiger partial charge in [0, 0.05) is 11.1 Å². The Morgan fingerprint density at radius 1 is 0.643 bits per heavy atom. The van der Waals surface area contributed by atoms with Gasteiger partial charge in [-0.1, -0.05) is 86.7 Å². The number of nitrogens with two attached hydrogens (primary N) is 1. The van der Waals surface area contributed by atoms with E-state index in [4.69, 9.17) is 5.73 Å². The standard InChI is InChI=1S/C27H23N/c1-27(2)25-6-4-3-5-23(25)24-14-10-19(16-26(24)27)8-7-18-9-11-21-17-22(28)13-12-20(21)15-18/h3-17H,28H2,1-2H3. The van der Waals surface area contributed by atoms with Crippen LogP contribution in [0.1, 0.15) is 36.1 Å². The molecule has 0 radical (unpaired) electrons. The lowest BCUT2D eigenvalue weighted by Gasteiger charge is -2.21. The Bertz CT molecular complexity index is 1240. The van der Waals surface area contributed by atoms with Crippen molar-refractivity contribution in [2.45, 2.75) is 19.3 Å². The summed E-state index contributed by atoms with van der Waals surface area (Å²) in [6.45, 7) is 4.64. The van der Waals surface area contributed by atoms with Gasteiger partial charge in [0.1, 0.15) is 0 Å². The lowest BCUT2D eigenvalue weighted by atomic mass is 9.82. The van der Waals surface area contributed by atoms with E-state index in [2.05, 4.69) is 92.7 Å². The van der Waals surface area contributed by atoms with Crippen LogP contribution in [0.2, 0.25) is 0 Å². The molecule has 136 valence electrons. The predicted molar refractivity (Wildman–Crippen MR) is 121 cm³/mol. The van der Waals surface area contributed by atoms with Crippen LogP contribution in [0.4, 0.5) is 5.69 Å². The molecule has 0 spiro atoms. The Labute approximate surface area is 166 Å². The fourth-order valence-corrected chi connectivity index (χ4v) is 4.40. The van der Waals surface area contributed by atoms with Gasteiger partial charge in [-0.05, 0) is 62.4 Å². The molecule has 0 saturated heterocycles. The molecule has 1 nitrogen and oxygen atoms in total. The fraction of sp³-hybridized carbons (Fsp3) is 0.111. The van der Waals surface area contributed by atoms with E-state index >= 15 is 0 Å². The van der Waals surface area contributed by atoms with Gasteiger partial charge in [0.25, 0.3) is 0 Å². The highest BCUT2D eigenvalue weighted by atomic mass is 14.5. The van der Waals surface area contributed by atoms with Crippen molar-refractivity contribution in [2.24, 2.45) is 0 Å². The minimum absolute atomic E-state index is 0.0403. The maximum atomic E-state index is 5.88. The van der Waals surface area contributed by atoms with E-state index in [0.717, 1.165) is 5.69 Å². The number of anilines is 1. The molecule has 0 heterocycles. The maximum absolute atomic E-state index is 5.88. The molecule has 2 N–H and O–H groups in total. The third kappa shape index (κ3) is 2.63. The van der Waals surface area contributed by atoms with Crippen LogP contribution in [0.5, 0.6) is 0 Å². The summed E-state index contributed by atoms with van der Waals surface area (Å²) in [4.78, 5) is 0. The van der Waals surface area contributed by atoms with E-state index in [9.17, 15) is 0 Å². The molecule has 0 aromatic heterocycles. The molecule has 4 aromatic carbocycles. The molecular formula is C27H23N. The summed E-state index contributed by atoms with van der Waals surface area (Å²) in [5, 5.41) is 2.39. The number of fused-ring (bicyclic) bond motifs is 4. The van der Waals surface area contributed by atoms with E-state index in [0.29, 0.717) is 0 Å². The molecular weight excluding hydrogens is 338 g/mol. The lowest BCUT2D eigenvalue weighted by molar-refractivity contribution is 0.660. The lowest BCUT2D eigenvalue weighted by Crippen LogP contribution is -2.14. The van der Waals surface area contributed by atoms with Crippen LogP contribution < -0.4 is 5.73 Å². The highest BCUT2D eigenvalue weighted by Crippen LogP contribution is 2.48. The first-order valence-corrected chi connectivity index (χ1v) is 9.74. The Balaban J connectivity index is 1.51. The molecule has 4 aromatic rings. The van der Waals surface area contributed by atoms with Crippen molar-refractivity contribution in [1.29, 1.82) is 0 Å². The van der Waals surface area contributed by atoms with Crippen molar-refractivity contribution >= 4 is 28.6 Å². The van der Waals surface area contributed by atoms with E-state index < -0.39 is 0 Å². The zero-order valence-corrected chi connectivity index (χ0v) is 16.2. The molecule has 0 atom stereocenters. The highest BCUT2D eigenvalue weighted by Gasteiger charge is 2.34. The summed E-state index contributed by atoms with van der Waals surface area (Å²) >= 11 is 0. The molecule has 0 saturated carbocycles. The second kappa shape index (κ2) is 6.10. The first kappa shape index (κ1) is 16.8. The third-order valence-electron chi connectivity index (χ3n) is 5.96. The van der Waals surface area contributed by atoms with Crippen LogP contribution in [-0.4, -0.2) is 0 Å². The average Bonchev–Trinajstić information content (AvgIpc) is 2.94. The van der Waals surface area contributed by atoms with Crippen molar-refractivity contribution in [3.8, 4) is 11.1 Å². The highest BCUT2D eigenvalue weighted by molar-refractivity contribution is 5.88. The number of benzene rings is 4. The fourth-order valence-electron chi connectivity index (χ4n) is 4.40. The van der Waals surface area contributed by atoms with E-state index in [1.54, 1.807) is 0 Å². The topological polar surface area (TPSA) is 26.0 Å². The number of nitrogen functional groups attached to an aromatic ring is 1. The van der Waals surface area contributed by atoms with Gasteiger partial charge in [-0.15, -0.1) is 0 Å². The summed E-state index contributed by atoms with van der Waals surface area (Å²) in [5.41, 5.74) is 14.7. The van der Waals surface area contributed by atoms with Crippen LogP contribution in [-0.2, 0) is 5.41 Å². The number of hydrogen-bond acceptors (Lipinski definition) is 1. The molecule has 0 fully saturated rings. The Morgan fingerprint density at radius 2 is 1.29 bits per heavy atom. The van der Waals surface area contributed by atoms with E-state index in [1.807, 2.05) is 12.1 Å². The first-order valence-electron chi connectivity index (χ1n) is 9.74. The van der Waals surface area contributed by atoms with Gasteiger partial charge in [-0.3, -0.25) is 0 Å². The van der Waals surface area contributed by atoms with Crippen LogP contribution in [0.3, 0.4) is 0 Å². The van der Waals surface area contributed by atoms with Crippen LogP contribution in [0.15, 0.2) is 78.9 Å².